The molecule has 6 heteroatoms. The van der Waals surface area contributed by atoms with Crippen molar-refractivity contribution >= 4 is 28.3 Å². The predicted octanol–water partition coefficient (Wildman–Crippen LogP) is 5.80. The van der Waals surface area contributed by atoms with Crippen LogP contribution in [0.4, 0.5) is 5.13 Å². The molecule has 28 heavy (non-hydrogen) atoms. The van der Waals surface area contributed by atoms with Gasteiger partial charge < -0.3 is 10.2 Å². The number of rotatable bonds is 15. The topological polar surface area (TPSA) is 62.3 Å². The van der Waals surface area contributed by atoms with Crippen molar-refractivity contribution in [2.45, 2.75) is 91.9 Å². The van der Waals surface area contributed by atoms with Crippen LogP contribution < -0.4 is 5.32 Å². The van der Waals surface area contributed by atoms with Crippen LogP contribution in [0, 0.1) is 12.8 Å². The first kappa shape index (κ1) is 24.6. The lowest BCUT2D eigenvalue weighted by molar-refractivity contribution is -0.135. The number of amides is 2. The molecule has 0 atom stereocenters. The van der Waals surface area contributed by atoms with Gasteiger partial charge in [0.1, 0.15) is 0 Å². The molecular formula is C22H39N3O2S. The molecule has 0 bridgehead atoms. The Bertz CT molecular complexity index is 572. The van der Waals surface area contributed by atoms with Crippen molar-refractivity contribution in [3.8, 4) is 0 Å². The molecule has 1 heterocycles. The quantitative estimate of drug-likeness (QED) is 0.373. The van der Waals surface area contributed by atoms with Crippen LogP contribution in [0.25, 0.3) is 0 Å². The summed E-state index contributed by atoms with van der Waals surface area (Å²) < 4.78 is 0. The van der Waals surface area contributed by atoms with Gasteiger partial charge in [-0.3, -0.25) is 9.59 Å². The summed E-state index contributed by atoms with van der Waals surface area (Å²) in [5.74, 6) is 0.250. The first-order valence-electron chi connectivity index (χ1n) is 10.9. The fraction of sp³-hybridized carbons (Fsp3) is 0.773. The van der Waals surface area contributed by atoms with Crippen LogP contribution in [-0.2, 0) is 9.59 Å². The number of carbonyl (C=O) groups excluding carboxylic acids is 2. The summed E-state index contributed by atoms with van der Waals surface area (Å²) in [5.41, 5.74) is 0. The Hall–Kier alpha value is -1.43. The van der Waals surface area contributed by atoms with Gasteiger partial charge >= 0.3 is 0 Å². The zero-order valence-electron chi connectivity index (χ0n) is 18.3. The van der Waals surface area contributed by atoms with E-state index >= 15 is 0 Å². The Labute approximate surface area is 175 Å². The first-order valence-corrected chi connectivity index (χ1v) is 11.7. The molecule has 2 amide bonds. The van der Waals surface area contributed by atoms with Crippen molar-refractivity contribution in [2.24, 2.45) is 5.92 Å². The molecule has 0 aliphatic heterocycles. The molecule has 0 unspecified atom stereocenters. The number of aryl methyl sites for hydroxylation is 1. The van der Waals surface area contributed by atoms with Crippen LogP contribution in [0.5, 0.6) is 0 Å². The SMILES string of the molecule is CCCCCCCCCCCC(=O)N(CC(=O)Nc1ncc(C)s1)CC(C)C. The van der Waals surface area contributed by atoms with Gasteiger partial charge in [0, 0.05) is 24.0 Å². The van der Waals surface area contributed by atoms with Gasteiger partial charge in [0.15, 0.2) is 5.13 Å². The van der Waals surface area contributed by atoms with E-state index in [1.165, 1.54) is 56.3 Å². The predicted molar refractivity (Wildman–Crippen MR) is 119 cm³/mol. The summed E-state index contributed by atoms with van der Waals surface area (Å²) in [6, 6.07) is 0. The lowest BCUT2D eigenvalue weighted by Gasteiger charge is -2.24. The van der Waals surface area contributed by atoms with E-state index in [9.17, 15) is 9.59 Å². The third-order valence-electron chi connectivity index (χ3n) is 4.63. The van der Waals surface area contributed by atoms with Gasteiger partial charge in [0.2, 0.25) is 11.8 Å². The largest absolute Gasteiger partial charge is 0.333 e. The zero-order valence-corrected chi connectivity index (χ0v) is 19.1. The minimum absolute atomic E-state index is 0.0853. The molecule has 1 aromatic rings. The van der Waals surface area contributed by atoms with Gasteiger partial charge in [0.05, 0.1) is 6.54 Å². The number of thiazole rings is 1. The van der Waals surface area contributed by atoms with Gasteiger partial charge in [-0.2, -0.15) is 0 Å². The number of hydrogen-bond donors (Lipinski definition) is 1. The molecule has 1 aromatic heterocycles. The van der Waals surface area contributed by atoms with Crippen LogP contribution in [-0.4, -0.2) is 34.8 Å². The Balaban J connectivity index is 2.30. The van der Waals surface area contributed by atoms with Crippen molar-refractivity contribution in [3.63, 3.8) is 0 Å². The average molecular weight is 410 g/mol. The molecule has 0 saturated carbocycles. The second-order valence-corrected chi connectivity index (χ2v) is 9.31. The summed E-state index contributed by atoms with van der Waals surface area (Å²) in [7, 11) is 0. The molecule has 0 aromatic carbocycles. The maximum Gasteiger partial charge on any atom is 0.245 e. The van der Waals surface area contributed by atoms with E-state index in [1.54, 1.807) is 11.1 Å². The van der Waals surface area contributed by atoms with Crippen LogP contribution in [0.3, 0.4) is 0 Å². The lowest BCUT2D eigenvalue weighted by Crippen LogP contribution is -2.40. The highest BCUT2D eigenvalue weighted by Gasteiger charge is 2.18. The van der Waals surface area contributed by atoms with Gasteiger partial charge in [0.25, 0.3) is 0 Å². The highest BCUT2D eigenvalue weighted by Crippen LogP contribution is 2.17. The Morgan fingerprint density at radius 1 is 1.07 bits per heavy atom. The highest BCUT2D eigenvalue weighted by molar-refractivity contribution is 7.15. The normalized spacial score (nSPS) is 11.0. The van der Waals surface area contributed by atoms with Gasteiger partial charge in [-0.05, 0) is 19.3 Å². The third-order valence-corrected chi connectivity index (χ3v) is 5.46. The van der Waals surface area contributed by atoms with Crippen molar-refractivity contribution < 1.29 is 9.59 Å². The van der Waals surface area contributed by atoms with E-state index in [0.29, 0.717) is 24.0 Å². The molecule has 0 aliphatic carbocycles. The second kappa shape index (κ2) is 14.6. The maximum atomic E-state index is 12.6. The fourth-order valence-corrected chi connectivity index (χ4v) is 3.87. The van der Waals surface area contributed by atoms with Crippen LogP contribution in [0.2, 0.25) is 0 Å². The van der Waals surface area contributed by atoms with Crippen molar-refractivity contribution in [3.05, 3.63) is 11.1 Å². The van der Waals surface area contributed by atoms with E-state index in [2.05, 4.69) is 31.1 Å². The molecule has 0 radical (unpaired) electrons. The zero-order chi connectivity index (χ0) is 20.8. The summed E-state index contributed by atoms with van der Waals surface area (Å²) in [6.07, 6.45) is 13.4. The van der Waals surface area contributed by atoms with E-state index < -0.39 is 0 Å². The van der Waals surface area contributed by atoms with Gasteiger partial charge in [-0.25, -0.2) is 4.98 Å². The van der Waals surface area contributed by atoms with E-state index in [-0.39, 0.29) is 18.4 Å². The van der Waals surface area contributed by atoms with Crippen molar-refractivity contribution in [1.82, 2.24) is 9.88 Å². The molecule has 0 fully saturated rings. The number of aromatic nitrogens is 1. The highest BCUT2D eigenvalue weighted by atomic mass is 32.1. The average Bonchev–Trinajstić information content (AvgIpc) is 3.03. The molecule has 0 spiro atoms. The standard InChI is InChI=1S/C22H39N3O2S/c1-5-6-7-8-9-10-11-12-13-14-21(27)25(16-18(2)3)17-20(26)24-22-23-15-19(4)28-22/h15,18H,5-14,16-17H2,1-4H3,(H,23,24,26). The van der Waals surface area contributed by atoms with E-state index in [0.717, 1.165) is 17.7 Å². The number of nitrogens with zero attached hydrogens (tertiary/aromatic N) is 2. The lowest BCUT2D eigenvalue weighted by atomic mass is 10.1. The smallest absolute Gasteiger partial charge is 0.245 e. The van der Waals surface area contributed by atoms with Crippen LogP contribution in [0.1, 0.15) is 89.9 Å². The van der Waals surface area contributed by atoms with Crippen molar-refractivity contribution in [2.75, 3.05) is 18.4 Å². The molecular weight excluding hydrogens is 370 g/mol. The minimum atomic E-state index is -0.171. The summed E-state index contributed by atoms with van der Waals surface area (Å²) >= 11 is 1.45. The summed E-state index contributed by atoms with van der Waals surface area (Å²) in [5, 5.41) is 3.40. The van der Waals surface area contributed by atoms with Gasteiger partial charge in [-0.1, -0.05) is 72.1 Å². The summed E-state index contributed by atoms with van der Waals surface area (Å²) in [6.45, 7) is 9.05. The van der Waals surface area contributed by atoms with Crippen LogP contribution in [0.15, 0.2) is 6.20 Å². The molecule has 0 saturated heterocycles. The Kier molecular flexibility index (Phi) is 12.8. The molecule has 0 aliphatic rings. The van der Waals surface area contributed by atoms with Crippen LogP contribution >= 0.6 is 11.3 Å². The maximum absolute atomic E-state index is 12.6. The molecule has 1 rings (SSSR count). The number of hydrogen-bond acceptors (Lipinski definition) is 4. The van der Waals surface area contributed by atoms with Gasteiger partial charge in [-0.15, -0.1) is 11.3 Å². The Morgan fingerprint density at radius 3 is 2.21 bits per heavy atom. The Morgan fingerprint density at radius 2 is 1.68 bits per heavy atom. The van der Waals surface area contributed by atoms with Crippen molar-refractivity contribution in [1.29, 1.82) is 0 Å². The number of nitrogens with one attached hydrogen (secondary N) is 1. The molecule has 5 nitrogen and oxygen atoms in total. The molecule has 1 N–H and O–H groups in total. The van der Waals surface area contributed by atoms with E-state index in [4.69, 9.17) is 0 Å². The number of anilines is 1. The number of carbonyl (C=O) groups is 2. The van der Waals surface area contributed by atoms with E-state index in [1.807, 2.05) is 6.92 Å². The minimum Gasteiger partial charge on any atom is -0.333 e. The fourth-order valence-electron chi connectivity index (χ4n) is 3.18. The third kappa shape index (κ3) is 11.4. The number of unbranched alkanes of at least 4 members (excludes halogenated alkanes) is 8. The summed E-state index contributed by atoms with van der Waals surface area (Å²) in [4.78, 5) is 31.8. The molecule has 160 valence electrons. The monoisotopic (exact) mass is 409 g/mol. The first-order chi connectivity index (χ1) is 13.4. The second-order valence-electron chi connectivity index (χ2n) is 8.07.